The van der Waals surface area contributed by atoms with E-state index in [-0.39, 0.29) is 35.0 Å². The maximum atomic E-state index is 12.5. The largest absolute Gasteiger partial charge is 0.351 e. The van der Waals surface area contributed by atoms with Crippen molar-refractivity contribution in [3.05, 3.63) is 95.6 Å². The van der Waals surface area contributed by atoms with Crippen LogP contribution >= 0.6 is 34.9 Å². The third-order valence-electron chi connectivity index (χ3n) is 6.68. The molecule has 0 aliphatic rings. The number of hydrogen-bond acceptors (Lipinski definition) is 7. The number of aryl methyl sites for hydroxylation is 1. The molecule has 214 valence electrons. The fraction of sp³-hybridized carbons (Fsp3) is 0.188. The average Bonchev–Trinajstić information content (AvgIpc) is 3.39. The number of fused-ring (bicyclic) bond motifs is 2. The minimum Gasteiger partial charge on any atom is -0.351 e. The highest BCUT2D eigenvalue weighted by molar-refractivity contribution is 8.01. The first-order valence-corrected chi connectivity index (χ1v) is 16.3. The summed E-state index contributed by atoms with van der Waals surface area (Å²) in [5, 5.41) is 11.1. The Labute approximate surface area is 256 Å². The van der Waals surface area contributed by atoms with Crippen molar-refractivity contribution in [2.24, 2.45) is 0 Å². The van der Waals surface area contributed by atoms with Gasteiger partial charge in [-0.25, -0.2) is 4.98 Å². The van der Waals surface area contributed by atoms with E-state index < -0.39 is 0 Å². The van der Waals surface area contributed by atoms with E-state index in [1.165, 1.54) is 34.9 Å². The van der Waals surface area contributed by atoms with E-state index in [4.69, 9.17) is 0 Å². The van der Waals surface area contributed by atoms with E-state index in [9.17, 15) is 14.4 Å². The van der Waals surface area contributed by atoms with Crippen LogP contribution < -0.4 is 16.0 Å². The summed E-state index contributed by atoms with van der Waals surface area (Å²) >= 11 is 4.14. The van der Waals surface area contributed by atoms with Gasteiger partial charge in [-0.2, -0.15) is 0 Å². The summed E-state index contributed by atoms with van der Waals surface area (Å²) in [6.07, 6.45) is 0. The number of benzene rings is 4. The molecular formula is C32H30N4O3S3. The van der Waals surface area contributed by atoms with Crippen molar-refractivity contribution < 1.29 is 14.4 Å². The number of nitrogens with zero attached hydrogens (tertiary/aromatic N) is 1. The van der Waals surface area contributed by atoms with Crippen LogP contribution in [0.5, 0.6) is 0 Å². The Kier molecular flexibility index (Phi) is 9.78. The Morgan fingerprint density at radius 1 is 0.810 bits per heavy atom. The number of carbonyl (C=O) groups is 3. The summed E-state index contributed by atoms with van der Waals surface area (Å²) in [6.45, 7) is 4.45. The number of hydrogen-bond donors (Lipinski definition) is 3. The van der Waals surface area contributed by atoms with Crippen LogP contribution in [-0.4, -0.2) is 40.0 Å². The van der Waals surface area contributed by atoms with Gasteiger partial charge in [-0.05, 0) is 65.6 Å². The van der Waals surface area contributed by atoms with Gasteiger partial charge in [-0.3, -0.25) is 14.4 Å². The standard InChI is InChI=1S/C32H30N4O3S3/c1-20-7-5-12-26(21(20)2)35-31(39)19-41-32-36-27-14-13-24(15-28(27)42-32)34-30(38)18-40-17-29(37)33-16-23-10-6-9-22-8-3-4-11-25(22)23/h3-15H,16-19H2,1-2H3,(H,33,37)(H,34,38)(H,35,39). The molecule has 42 heavy (non-hydrogen) atoms. The molecule has 10 heteroatoms. The molecule has 7 nitrogen and oxygen atoms in total. The molecular weight excluding hydrogens is 585 g/mol. The molecule has 0 saturated carbocycles. The molecule has 0 atom stereocenters. The highest BCUT2D eigenvalue weighted by atomic mass is 32.2. The van der Waals surface area contributed by atoms with Crippen LogP contribution in [0.3, 0.4) is 0 Å². The molecule has 0 aliphatic heterocycles. The average molecular weight is 615 g/mol. The molecule has 1 heterocycles. The summed E-state index contributed by atoms with van der Waals surface area (Å²) in [5.74, 6) is 0.246. The lowest BCUT2D eigenvalue weighted by Gasteiger charge is -2.09. The molecule has 0 spiro atoms. The molecule has 0 unspecified atom stereocenters. The van der Waals surface area contributed by atoms with E-state index in [2.05, 4.69) is 33.1 Å². The first-order valence-electron chi connectivity index (χ1n) is 13.4. The Morgan fingerprint density at radius 3 is 2.45 bits per heavy atom. The maximum Gasteiger partial charge on any atom is 0.234 e. The van der Waals surface area contributed by atoms with Crippen molar-refractivity contribution in [2.45, 2.75) is 24.7 Å². The normalized spacial score (nSPS) is 11.0. The van der Waals surface area contributed by atoms with Crippen LogP contribution in [0.2, 0.25) is 0 Å². The number of rotatable bonds is 11. The molecule has 0 bridgehead atoms. The van der Waals surface area contributed by atoms with E-state index in [1.807, 2.05) is 80.6 Å². The topological polar surface area (TPSA) is 100 Å². The molecule has 0 aliphatic carbocycles. The third kappa shape index (κ3) is 7.70. The number of aromatic nitrogens is 1. The first kappa shape index (κ1) is 29.6. The van der Waals surface area contributed by atoms with Crippen LogP contribution in [0.1, 0.15) is 16.7 Å². The number of thioether (sulfide) groups is 2. The SMILES string of the molecule is Cc1cccc(NC(=O)CSc2nc3ccc(NC(=O)CSCC(=O)NCc4cccc5ccccc45)cc3s2)c1C. The molecule has 5 aromatic rings. The van der Waals surface area contributed by atoms with Crippen molar-refractivity contribution in [1.82, 2.24) is 10.3 Å². The van der Waals surface area contributed by atoms with Gasteiger partial charge in [-0.15, -0.1) is 23.1 Å². The lowest BCUT2D eigenvalue weighted by atomic mass is 10.0. The van der Waals surface area contributed by atoms with Gasteiger partial charge in [0, 0.05) is 17.9 Å². The van der Waals surface area contributed by atoms with Gasteiger partial charge < -0.3 is 16.0 Å². The fourth-order valence-electron chi connectivity index (χ4n) is 4.37. The van der Waals surface area contributed by atoms with Crippen LogP contribution in [0.15, 0.2) is 83.2 Å². The monoisotopic (exact) mass is 614 g/mol. The van der Waals surface area contributed by atoms with Gasteiger partial charge in [0.25, 0.3) is 0 Å². The molecule has 0 fully saturated rings. The van der Waals surface area contributed by atoms with Crippen molar-refractivity contribution in [3.8, 4) is 0 Å². The molecule has 0 saturated heterocycles. The number of anilines is 2. The lowest BCUT2D eigenvalue weighted by molar-refractivity contribution is -0.118. The third-order valence-corrected chi connectivity index (χ3v) is 9.77. The quantitative estimate of drug-likeness (QED) is 0.142. The molecule has 3 N–H and O–H groups in total. The van der Waals surface area contributed by atoms with E-state index in [0.717, 1.165) is 47.7 Å². The second kappa shape index (κ2) is 13.9. The lowest BCUT2D eigenvalue weighted by Crippen LogP contribution is -2.25. The zero-order valence-electron chi connectivity index (χ0n) is 23.2. The molecule has 0 radical (unpaired) electrons. The number of amides is 3. The summed E-state index contributed by atoms with van der Waals surface area (Å²) in [7, 11) is 0. The molecule has 1 aromatic heterocycles. The summed E-state index contributed by atoms with van der Waals surface area (Å²) < 4.78 is 1.71. The predicted octanol–water partition coefficient (Wildman–Crippen LogP) is 6.79. The van der Waals surface area contributed by atoms with E-state index >= 15 is 0 Å². The summed E-state index contributed by atoms with van der Waals surface area (Å²) in [4.78, 5) is 42.0. The van der Waals surface area contributed by atoms with E-state index in [0.29, 0.717) is 12.2 Å². The van der Waals surface area contributed by atoms with Gasteiger partial charge in [-0.1, -0.05) is 66.4 Å². The van der Waals surface area contributed by atoms with Crippen molar-refractivity contribution in [2.75, 3.05) is 27.9 Å². The van der Waals surface area contributed by atoms with Crippen molar-refractivity contribution >= 4 is 84.9 Å². The van der Waals surface area contributed by atoms with Crippen molar-refractivity contribution in [1.29, 1.82) is 0 Å². The highest BCUT2D eigenvalue weighted by Gasteiger charge is 2.12. The number of thiazole rings is 1. The Bertz CT molecular complexity index is 1760. The highest BCUT2D eigenvalue weighted by Crippen LogP contribution is 2.31. The summed E-state index contributed by atoms with van der Waals surface area (Å²) in [5.41, 5.74) is 5.55. The second-order valence-corrected chi connectivity index (χ2v) is 12.9. The number of nitrogens with one attached hydrogen (secondary N) is 3. The van der Waals surface area contributed by atoms with Crippen LogP contribution in [-0.2, 0) is 20.9 Å². The van der Waals surface area contributed by atoms with Crippen LogP contribution in [0, 0.1) is 13.8 Å². The van der Waals surface area contributed by atoms with Crippen LogP contribution in [0.4, 0.5) is 11.4 Å². The molecule has 5 rings (SSSR count). The Balaban J connectivity index is 1.06. The second-order valence-electron chi connectivity index (χ2n) is 9.70. The van der Waals surface area contributed by atoms with E-state index in [1.54, 1.807) is 0 Å². The van der Waals surface area contributed by atoms with Gasteiger partial charge >= 0.3 is 0 Å². The van der Waals surface area contributed by atoms with Gasteiger partial charge in [0.1, 0.15) is 0 Å². The zero-order chi connectivity index (χ0) is 29.5. The smallest absolute Gasteiger partial charge is 0.234 e. The van der Waals surface area contributed by atoms with Gasteiger partial charge in [0.05, 0.1) is 27.5 Å². The minimum absolute atomic E-state index is 0.0827. The number of carbonyl (C=O) groups excluding carboxylic acids is 3. The molecule has 3 amide bonds. The Hall–Kier alpha value is -3.86. The van der Waals surface area contributed by atoms with Crippen molar-refractivity contribution in [3.63, 3.8) is 0 Å². The minimum atomic E-state index is -0.177. The maximum absolute atomic E-state index is 12.5. The molecule has 4 aromatic carbocycles. The predicted molar refractivity (Wildman–Crippen MR) is 177 cm³/mol. The Morgan fingerprint density at radius 2 is 1.57 bits per heavy atom. The van der Waals surface area contributed by atoms with Gasteiger partial charge in [0.2, 0.25) is 17.7 Å². The van der Waals surface area contributed by atoms with Gasteiger partial charge in [0.15, 0.2) is 4.34 Å². The van der Waals surface area contributed by atoms with Crippen LogP contribution in [0.25, 0.3) is 21.0 Å². The first-order chi connectivity index (χ1) is 20.4. The fourth-order valence-corrected chi connectivity index (χ4v) is 6.92. The zero-order valence-corrected chi connectivity index (χ0v) is 25.7. The summed E-state index contributed by atoms with van der Waals surface area (Å²) in [6, 6.07) is 25.5.